The molecule has 0 aliphatic carbocycles. The zero-order valence-corrected chi connectivity index (χ0v) is 15.1. The molecule has 2 N–H and O–H groups in total. The van der Waals surface area contributed by atoms with Gasteiger partial charge in [0.15, 0.2) is 5.11 Å². The third-order valence-corrected chi connectivity index (χ3v) is 3.56. The van der Waals surface area contributed by atoms with Gasteiger partial charge in [-0.2, -0.15) is 0 Å². The van der Waals surface area contributed by atoms with Gasteiger partial charge >= 0.3 is 5.97 Å². The Bertz CT molecular complexity index is 832. The van der Waals surface area contributed by atoms with Gasteiger partial charge in [-0.15, -0.1) is 0 Å². The van der Waals surface area contributed by atoms with Crippen LogP contribution in [-0.4, -0.2) is 31.2 Å². The van der Waals surface area contributed by atoms with Gasteiger partial charge in [0.25, 0.3) is 0 Å². The molecule has 0 aliphatic heterocycles. The molecule has 0 bridgehead atoms. The fraction of sp³-hybridized carbons (Fsp3) is 0.105. The Morgan fingerprint density at radius 2 is 1.73 bits per heavy atom. The molecule has 6 nitrogen and oxygen atoms in total. The van der Waals surface area contributed by atoms with Crippen LogP contribution >= 0.6 is 12.2 Å². The second-order valence-corrected chi connectivity index (χ2v) is 5.50. The van der Waals surface area contributed by atoms with Crippen LogP contribution in [-0.2, 0) is 9.53 Å². The number of thiocarbonyl (C=S) groups is 1. The normalized spacial score (nSPS) is 10.2. The number of ether oxygens (including phenoxy) is 2. The molecule has 0 saturated heterocycles. The van der Waals surface area contributed by atoms with Crippen LogP contribution in [0.1, 0.15) is 15.9 Å². The van der Waals surface area contributed by atoms with Crippen LogP contribution in [0.2, 0.25) is 0 Å². The molecule has 0 heterocycles. The minimum absolute atomic E-state index is 0.144. The van der Waals surface area contributed by atoms with Crippen molar-refractivity contribution in [3.63, 3.8) is 0 Å². The molecule has 0 atom stereocenters. The molecule has 0 aliphatic rings. The maximum atomic E-state index is 12.0. The highest BCUT2D eigenvalue weighted by Gasteiger charge is 2.06. The van der Waals surface area contributed by atoms with Gasteiger partial charge in [-0.3, -0.25) is 10.1 Å². The maximum Gasteiger partial charge on any atom is 0.337 e. The average molecular weight is 370 g/mol. The predicted octanol–water partition coefficient (Wildman–Crippen LogP) is 3.01. The molecule has 26 heavy (non-hydrogen) atoms. The van der Waals surface area contributed by atoms with E-state index in [4.69, 9.17) is 17.0 Å². The first kappa shape index (κ1) is 19.1. The molecule has 0 aromatic heterocycles. The van der Waals surface area contributed by atoms with Crippen LogP contribution in [0.25, 0.3) is 6.08 Å². The lowest BCUT2D eigenvalue weighted by Crippen LogP contribution is -2.32. The van der Waals surface area contributed by atoms with Crippen molar-refractivity contribution in [3.05, 3.63) is 65.7 Å². The van der Waals surface area contributed by atoms with Crippen LogP contribution < -0.4 is 15.4 Å². The molecule has 0 unspecified atom stereocenters. The minimum atomic E-state index is -0.422. The number of esters is 1. The minimum Gasteiger partial charge on any atom is -0.496 e. The molecule has 134 valence electrons. The van der Waals surface area contributed by atoms with Crippen LogP contribution in [0.3, 0.4) is 0 Å². The predicted molar refractivity (Wildman–Crippen MR) is 104 cm³/mol. The lowest BCUT2D eigenvalue weighted by molar-refractivity contribution is -0.115. The summed E-state index contributed by atoms with van der Waals surface area (Å²) in [5.74, 6) is -0.128. The molecule has 2 aromatic carbocycles. The monoisotopic (exact) mass is 370 g/mol. The molecule has 0 spiro atoms. The SMILES string of the molecule is COC(=O)c1ccc(NC(=S)NC(=O)/C=C/c2ccccc2OC)cc1. The summed E-state index contributed by atoms with van der Waals surface area (Å²) < 4.78 is 9.85. The van der Waals surface area contributed by atoms with E-state index in [0.29, 0.717) is 17.0 Å². The van der Waals surface area contributed by atoms with Crippen LogP contribution in [0.15, 0.2) is 54.6 Å². The van der Waals surface area contributed by atoms with Crippen LogP contribution in [0.4, 0.5) is 5.69 Å². The van der Waals surface area contributed by atoms with Crippen molar-refractivity contribution >= 4 is 41.0 Å². The molecule has 2 aromatic rings. The van der Waals surface area contributed by atoms with E-state index in [-0.39, 0.29) is 11.0 Å². The molecule has 0 radical (unpaired) electrons. The number of nitrogens with one attached hydrogen (secondary N) is 2. The number of anilines is 1. The first-order valence-corrected chi connectivity index (χ1v) is 8.05. The topological polar surface area (TPSA) is 76.7 Å². The van der Waals surface area contributed by atoms with E-state index in [9.17, 15) is 9.59 Å². The van der Waals surface area contributed by atoms with E-state index in [1.165, 1.54) is 13.2 Å². The number of methoxy groups -OCH3 is 2. The Hall–Kier alpha value is -3.19. The van der Waals surface area contributed by atoms with Gasteiger partial charge in [-0.25, -0.2) is 4.79 Å². The van der Waals surface area contributed by atoms with Gasteiger partial charge in [0, 0.05) is 17.3 Å². The van der Waals surface area contributed by atoms with Gasteiger partial charge < -0.3 is 14.8 Å². The fourth-order valence-corrected chi connectivity index (χ4v) is 2.31. The van der Waals surface area contributed by atoms with Crippen LogP contribution in [0, 0.1) is 0 Å². The third kappa shape index (κ3) is 5.42. The Balaban J connectivity index is 1.92. The summed E-state index contributed by atoms with van der Waals surface area (Å²) in [4.78, 5) is 23.4. The summed E-state index contributed by atoms with van der Waals surface area (Å²) in [6.45, 7) is 0. The van der Waals surface area contributed by atoms with E-state index >= 15 is 0 Å². The molecule has 0 fully saturated rings. The van der Waals surface area contributed by atoms with E-state index in [0.717, 1.165) is 5.56 Å². The number of carbonyl (C=O) groups is 2. The van der Waals surface area contributed by atoms with Gasteiger partial charge in [0.1, 0.15) is 5.75 Å². The second kappa shape index (κ2) is 9.33. The Kier molecular flexibility index (Phi) is 6.87. The number of amides is 1. The summed E-state index contributed by atoms with van der Waals surface area (Å²) in [6.07, 6.45) is 3.01. The molecule has 2 rings (SSSR count). The number of para-hydroxylation sites is 1. The van der Waals surface area contributed by atoms with Crippen LogP contribution in [0.5, 0.6) is 5.75 Å². The summed E-state index contributed by atoms with van der Waals surface area (Å²) in [6, 6.07) is 13.9. The lowest BCUT2D eigenvalue weighted by Gasteiger charge is -2.08. The summed E-state index contributed by atoms with van der Waals surface area (Å²) in [7, 11) is 2.88. The van der Waals surface area contributed by atoms with Crippen molar-refractivity contribution in [2.45, 2.75) is 0 Å². The molecule has 1 amide bonds. The third-order valence-electron chi connectivity index (χ3n) is 3.35. The quantitative estimate of drug-likeness (QED) is 0.479. The summed E-state index contributed by atoms with van der Waals surface area (Å²) in [5.41, 5.74) is 1.84. The summed E-state index contributed by atoms with van der Waals surface area (Å²) >= 11 is 5.11. The number of hydrogen-bond donors (Lipinski definition) is 2. The highest BCUT2D eigenvalue weighted by atomic mass is 32.1. The van der Waals surface area contributed by atoms with Crippen molar-refractivity contribution < 1.29 is 19.1 Å². The van der Waals surface area contributed by atoms with Crippen molar-refractivity contribution in [2.24, 2.45) is 0 Å². The second-order valence-electron chi connectivity index (χ2n) is 5.09. The van der Waals surface area contributed by atoms with Gasteiger partial charge in [0.2, 0.25) is 5.91 Å². The van der Waals surface area contributed by atoms with Gasteiger partial charge in [-0.1, -0.05) is 18.2 Å². The highest BCUT2D eigenvalue weighted by molar-refractivity contribution is 7.80. The number of hydrogen-bond acceptors (Lipinski definition) is 5. The largest absolute Gasteiger partial charge is 0.496 e. The lowest BCUT2D eigenvalue weighted by atomic mass is 10.2. The van der Waals surface area contributed by atoms with E-state index in [1.807, 2.05) is 24.3 Å². The first-order chi connectivity index (χ1) is 12.5. The standard InChI is InChI=1S/C19H18N2O4S/c1-24-16-6-4-3-5-13(16)9-12-17(22)21-19(26)20-15-10-7-14(8-11-15)18(23)25-2/h3-12H,1-2H3,(H2,20,21,22,26)/b12-9+. The molecule has 7 heteroatoms. The Labute approximate surface area is 156 Å². The average Bonchev–Trinajstić information content (AvgIpc) is 2.66. The fourth-order valence-electron chi connectivity index (χ4n) is 2.09. The van der Waals surface area contributed by atoms with Crippen molar-refractivity contribution in [3.8, 4) is 5.75 Å². The molecular formula is C19H18N2O4S. The smallest absolute Gasteiger partial charge is 0.337 e. The summed E-state index contributed by atoms with van der Waals surface area (Å²) in [5, 5.41) is 5.56. The number of carbonyl (C=O) groups excluding carboxylic acids is 2. The maximum absolute atomic E-state index is 12.0. The Morgan fingerprint density at radius 1 is 1.04 bits per heavy atom. The van der Waals surface area contributed by atoms with Crippen molar-refractivity contribution in [1.82, 2.24) is 5.32 Å². The van der Waals surface area contributed by atoms with Crippen molar-refractivity contribution in [1.29, 1.82) is 0 Å². The van der Waals surface area contributed by atoms with Gasteiger partial charge in [0.05, 0.1) is 19.8 Å². The highest BCUT2D eigenvalue weighted by Crippen LogP contribution is 2.18. The van der Waals surface area contributed by atoms with Crippen molar-refractivity contribution in [2.75, 3.05) is 19.5 Å². The molecule has 0 saturated carbocycles. The van der Waals surface area contributed by atoms with Gasteiger partial charge in [-0.05, 0) is 48.6 Å². The van der Waals surface area contributed by atoms with E-state index < -0.39 is 5.97 Å². The zero-order chi connectivity index (χ0) is 18.9. The number of benzene rings is 2. The number of rotatable bonds is 5. The van der Waals surface area contributed by atoms with E-state index in [1.54, 1.807) is 37.5 Å². The zero-order valence-electron chi connectivity index (χ0n) is 14.3. The Morgan fingerprint density at radius 3 is 2.38 bits per heavy atom. The first-order valence-electron chi connectivity index (χ1n) is 7.65. The molecular weight excluding hydrogens is 352 g/mol. The van der Waals surface area contributed by atoms with E-state index in [2.05, 4.69) is 15.4 Å².